The minimum atomic E-state index is -1.74. The minimum absolute atomic E-state index is 0.225. The molecule has 1 aliphatic rings. The van der Waals surface area contributed by atoms with E-state index >= 15 is 0 Å². The normalized spacial score (nSPS) is 17.1. The lowest BCUT2D eigenvalue weighted by Gasteiger charge is -2.36. The van der Waals surface area contributed by atoms with Crippen LogP contribution >= 0.6 is 0 Å². The van der Waals surface area contributed by atoms with Crippen molar-refractivity contribution in [2.24, 2.45) is 0 Å². The molecule has 3 heterocycles. The molecular formula is C28H41N3O2Si. The highest BCUT2D eigenvalue weighted by Gasteiger charge is 2.37. The van der Waals surface area contributed by atoms with E-state index < -0.39 is 13.9 Å². The van der Waals surface area contributed by atoms with E-state index in [0.717, 1.165) is 38.1 Å². The number of aliphatic hydroxyl groups is 1. The van der Waals surface area contributed by atoms with Gasteiger partial charge in [0.1, 0.15) is 5.60 Å². The third kappa shape index (κ3) is 5.01. The first-order valence-electron chi connectivity index (χ1n) is 12.5. The zero-order chi connectivity index (χ0) is 24.7. The van der Waals surface area contributed by atoms with Crippen molar-refractivity contribution in [3.05, 3.63) is 65.1 Å². The molecule has 0 spiro atoms. The first-order chi connectivity index (χ1) is 15.9. The molecule has 0 fully saturated rings. The van der Waals surface area contributed by atoms with Crippen LogP contribution in [0.25, 0.3) is 10.9 Å². The van der Waals surface area contributed by atoms with Crippen molar-refractivity contribution >= 4 is 19.2 Å². The molecule has 6 heteroatoms. The van der Waals surface area contributed by atoms with Gasteiger partial charge in [0.2, 0.25) is 0 Å². The highest BCUT2D eigenvalue weighted by Crippen LogP contribution is 2.37. The van der Waals surface area contributed by atoms with Crippen LogP contribution in [0.2, 0.25) is 18.1 Å². The molecule has 0 aliphatic carbocycles. The quantitative estimate of drug-likeness (QED) is 0.455. The Bertz CT molecular complexity index is 1150. The van der Waals surface area contributed by atoms with Gasteiger partial charge in [-0.05, 0) is 67.9 Å². The van der Waals surface area contributed by atoms with Crippen LogP contribution < -0.4 is 0 Å². The molecule has 1 N–H and O–H groups in total. The van der Waals surface area contributed by atoms with Crippen LogP contribution in [0.15, 0.2) is 42.7 Å². The van der Waals surface area contributed by atoms with Crippen molar-refractivity contribution in [2.75, 3.05) is 20.2 Å². The maximum Gasteiger partial charge on any atom is 0.191 e. The van der Waals surface area contributed by atoms with E-state index in [9.17, 15) is 5.11 Å². The smallest absolute Gasteiger partial charge is 0.191 e. The zero-order valence-corrected chi connectivity index (χ0v) is 23.0. The van der Waals surface area contributed by atoms with Crippen molar-refractivity contribution < 1.29 is 9.53 Å². The van der Waals surface area contributed by atoms with Crippen LogP contribution in [-0.4, -0.2) is 48.1 Å². The van der Waals surface area contributed by atoms with E-state index in [-0.39, 0.29) is 5.04 Å². The highest BCUT2D eigenvalue weighted by atomic mass is 28.4. The van der Waals surface area contributed by atoms with Gasteiger partial charge in [-0.15, -0.1) is 0 Å². The molecule has 0 bridgehead atoms. The average Bonchev–Trinajstić information content (AvgIpc) is 3.05. The summed E-state index contributed by atoms with van der Waals surface area (Å²) in [5, 5.41) is 12.9. The van der Waals surface area contributed by atoms with E-state index in [0.29, 0.717) is 6.54 Å². The maximum absolute atomic E-state index is 11.4. The molecule has 184 valence electrons. The second kappa shape index (κ2) is 9.23. The first kappa shape index (κ1) is 25.1. The Morgan fingerprint density at radius 1 is 1.15 bits per heavy atom. The lowest BCUT2D eigenvalue weighted by Crippen LogP contribution is -2.41. The molecule has 4 rings (SSSR count). The lowest BCUT2D eigenvalue weighted by molar-refractivity contribution is 0.0381. The maximum atomic E-state index is 11.4. The number of hydrogen-bond acceptors (Lipinski definition) is 4. The van der Waals surface area contributed by atoms with Gasteiger partial charge in [-0.3, -0.25) is 4.98 Å². The van der Waals surface area contributed by atoms with E-state index in [1.54, 1.807) is 12.4 Å². The van der Waals surface area contributed by atoms with Crippen LogP contribution in [0.5, 0.6) is 0 Å². The summed E-state index contributed by atoms with van der Waals surface area (Å²) in [5.41, 5.74) is 5.13. The molecule has 3 aromatic rings. The van der Waals surface area contributed by atoms with Gasteiger partial charge in [0, 0.05) is 60.7 Å². The van der Waals surface area contributed by atoms with Crippen molar-refractivity contribution in [3.63, 3.8) is 0 Å². The number of nitrogens with zero attached hydrogens (tertiary/aromatic N) is 3. The highest BCUT2D eigenvalue weighted by molar-refractivity contribution is 6.74. The predicted molar refractivity (Wildman–Crippen MR) is 143 cm³/mol. The number of hydrogen-bond donors (Lipinski definition) is 1. The fourth-order valence-electron chi connectivity index (χ4n) is 4.69. The van der Waals surface area contributed by atoms with E-state index in [2.05, 4.69) is 73.6 Å². The summed E-state index contributed by atoms with van der Waals surface area (Å²) in [6.07, 6.45) is 5.43. The van der Waals surface area contributed by atoms with Crippen LogP contribution in [-0.2, 0) is 36.0 Å². The molecule has 0 radical (unpaired) electrons. The summed E-state index contributed by atoms with van der Waals surface area (Å²) in [6.45, 7) is 16.6. The SMILES string of the molecule is CN1CCc2c(c3cc(CCO[Si](C)(C)C(C)(C)C)ccc3n2CC(C)(O)c2cccnc2)C1. The Morgan fingerprint density at radius 2 is 1.91 bits per heavy atom. The second-order valence-corrected chi connectivity index (χ2v) is 16.5. The number of aromatic nitrogens is 2. The molecule has 1 unspecified atom stereocenters. The topological polar surface area (TPSA) is 50.5 Å². The number of rotatable bonds is 7. The number of benzene rings is 1. The van der Waals surface area contributed by atoms with Gasteiger partial charge in [-0.2, -0.15) is 0 Å². The van der Waals surface area contributed by atoms with Crippen molar-refractivity contribution in [3.8, 4) is 0 Å². The van der Waals surface area contributed by atoms with Crippen LogP contribution in [0.3, 0.4) is 0 Å². The largest absolute Gasteiger partial charge is 0.416 e. The number of likely N-dealkylation sites (N-methyl/N-ethyl adjacent to an activating group) is 1. The van der Waals surface area contributed by atoms with Gasteiger partial charge < -0.3 is 19.0 Å². The summed E-state index contributed by atoms with van der Waals surface area (Å²) in [4.78, 5) is 6.61. The standard InChI is InChI=1S/C28H41N3O2Si/c1-27(2,3)34(6,7)33-16-13-21-10-11-25-23(17-21)24-19-30(5)15-12-26(24)31(25)20-28(4,32)22-9-8-14-29-18-22/h8-11,14,17-18,32H,12-13,15-16,19-20H2,1-7H3. The van der Waals surface area contributed by atoms with Gasteiger partial charge in [-0.25, -0.2) is 0 Å². The first-order valence-corrected chi connectivity index (χ1v) is 15.4. The van der Waals surface area contributed by atoms with Gasteiger partial charge in [0.05, 0.1) is 6.54 Å². The third-order valence-corrected chi connectivity index (χ3v) is 12.5. The van der Waals surface area contributed by atoms with Crippen LogP contribution in [0.4, 0.5) is 0 Å². The Kier molecular flexibility index (Phi) is 6.81. The Balaban J connectivity index is 1.65. The molecule has 0 saturated carbocycles. The van der Waals surface area contributed by atoms with E-state index in [1.807, 2.05) is 19.1 Å². The molecule has 34 heavy (non-hydrogen) atoms. The fourth-order valence-corrected chi connectivity index (χ4v) is 5.73. The van der Waals surface area contributed by atoms with Crippen molar-refractivity contribution in [2.45, 2.75) is 77.4 Å². The molecular weight excluding hydrogens is 438 g/mol. The minimum Gasteiger partial charge on any atom is -0.416 e. The van der Waals surface area contributed by atoms with Gasteiger partial charge >= 0.3 is 0 Å². The predicted octanol–water partition coefficient (Wildman–Crippen LogP) is 5.50. The summed E-state index contributed by atoms with van der Waals surface area (Å²) < 4.78 is 8.79. The summed E-state index contributed by atoms with van der Waals surface area (Å²) in [6, 6.07) is 10.7. The lowest BCUT2D eigenvalue weighted by atomic mass is 9.97. The summed E-state index contributed by atoms with van der Waals surface area (Å²) in [7, 11) is 0.446. The van der Waals surface area contributed by atoms with Gasteiger partial charge in [-0.1, -0.05) is 32.9 Å². The van der Waals surface area contributed by atoms with Crippen LogP contribution in [0, 0.1) is 0 Å². The molecule has 0 saturated heterocycles. The monoisotopic (exact) mass is 479 g/mol. The number of pyridine rings is 1. The molecule has 5 nitrogen and oxygen atoms in total. The summed E-state index contributed by atoms with van der Waals surface area (Å²) in [5.74, 6) is 0. The molecule has 0 amide bonds. The average molecular weight is 480 g/mol. The molecule has 1 aromatic carbocycles. The zero-order valence-electron chi connectivity index (χ0n) is 22.0. The molecule has 1 aliphatic heterocycles. The Labute approximate surface area is 205 Å². The van der Waals surface area contributed by atoms with Crippen molar-refractivity contribution in [1.29, 1.82) is 0 Å². The Hall–Kier alpha value is -1.99. The van der Waals surface area contributed by atoms with E-state index in [1.165, 1.54) is 27.7 Å². The Morgan fingerprint density at radius 3 is 2.59 bits per heavy atom. The second-order valence-electron chi connectivity index (χ2n) is 11.7. The number of fused-ring (bicyclic) bond motifs is 3. The summed E-state index contributed by atoms with van der Waals surface area (Å²) >= 11 is 0. The van der Waals surface area contributed by atoms with Gasteiger partial charge in [0.25, 0.3) is 0 Å². The fraction of sp³-hybridized carbons (Fsp3) is 0.536. The molecule has 2 aromatic heterocycles. The van der Waals surface area contributed by atoms with Crippen molar-refractivity contribution in [1.82, 2.24) is 14.5 Å². The van der Waals surface area contributed by atoms with Crippen LogP contribution in [0.1, 0.15) is 50.1 Å². The van der Waals surface area contributed by atoms with Gasteiger partial charge in [0.15, 0.2) is 8.32 Å². The third-order valence-electron chi connectivity index (χ3n) is 7.92. The van der Waals surface area contributed by atoms with E-state index in [4.69, 9.17) is 4.43 Å². The molecule has 1 atom stereocenters.